The van der Waals surface area contributed by atoms with Crippen molar-refractivity contribution in [2.24, 2.45) is 0 Å². The summed E-state index contributed by atoms with van der Waals surface area (Å²) in [6.07, 6.45) is 1.05. The average molecular weight is 406 g/mol. The van der Waals surface area contributed by atoms with Crippen LogP contribution in [0.2, 0.25) is 10.3 Å². The summed E-state index contributed by atoms with van der Waals surface area (Å²) in [7, 11) is 2.10. The standard InChI is InChI=1S/C13H10Cl2IN3/c1-19-5-4-7-6-8(2-3-9(7)19)13-17-11(14)10(16)12(15)18-13/h2-3,6H,4-5H2,1H3. The number of likely N-dealkylation sites (N-methyl/N-ethyl adjacent to an activating group) is 1. The van der Waals surface area contributed by atoms with Crippen LogP contribution in [0.5, 0.6) is 0 Å². The van der Waals surface area contributed by atoms with Crippen molar-refractivity contribution in [1.29, 1.82) is 0 Å². The summed E-state index contributed by atoms with van der Waals surface area (Å²) >= 11 is 14.2. The number of fused-ring (bicyclic) bond motifs is 1. The van der Waals surface area contributed by atoms with Crippen LogP contribution in [0.1, 0.15) is 5.56 Å². The van der Waals surface area contributed by atoms with Gasteiger partial charge in [0.25, 0.3) is 0 Å². The summed E-state index contributed by atoms with van der Waals surface area (Å²) in [5.74, 6) is 0.577. The topological polar surface area (TPSA) is 29.0 Å². The number of nitrogens with zero attached hydrogens (tertiary/aromatic N) is 3. The van der Waals surface area contributed by atoms with E-state index in [1.54, 1.807) is 0 Å². The van der Waals surface area contributed by atoms with Crippen molar-refractivity contribution in [2.75, 3.05) is 18.5 Å². The summed E-state index contributed by atoms with van der Waals surface area (Å²) < 4.78 is 0.686. The van der Waals surface area contributed by atoms with E-state index >= 15 is 0 Å². The maximum absolute atomic E-state index is 6.06. The lowest BCUT2D eigenvalue weighted by atomic mass is 10.1. The van der Waals surface area contributed by atoms with Crippen LogP contribution in [0.4, 0.5) is 5.69 Å². The lowest BCUT2D eigenvalue weighted by Gasteiger charge is -2.12. The van der Waals surface area contributed by atoms with E-state index in [0.717, 1.165) is 18.5 Å². The van der Waals surface area contributed by atoms with Crippen molar-refractivity contribution in [1.82, 2.24) is 9.97 Å². The molecule has 0 aliphatic carbocycles. The maximum atomic E-state index is 6.06. The molecular weight excluding hydrogens is 396 g/mol. The predicted octanol–water partition coefficient (Wildman–Crippen LogP) is 4.05. The highest BCUT2D eigenvalue weighted by atomic mass is 127. The van der Waals surface area contributed by atoms with Gasteiger partial charge in [-0.05, 0) is 52.8 Å². The van der Waals surface area contributed by atoms with Crippen LogP contribution in [0.3, 0.4) is 0 Å². The SMILES string of the molecule is CN1CCc2cc(-c3nc(Cl)c(I)c(Cl)n3)ccc21. The van der Waals surface area contributed by atoms with Gasteiger partial charge in [0.15, 0.2) is 5.82 Å². The van der Waals surface area contributed by atoms with Gasteiger partial charge in [-0.25, -0.2) is 9.97 Å². The van der Waals surface area contributed by atoms with Gasteiger partial charge < -0.3 is 4.90 Å². The van der Waals surface area contributed by atoms with Crippen LogP contribution in [0.25, 0.3) is 11.4 Å². The van der Waals surface area contributed by atoms with E-state index in [0.29, 0.717) is 19.7 Å². The zero-order valence-electron chi connectivity index (χ0n) is 10.1. The molecule has 3 rings (SSSR count). The quantitative estimate of drug-likeness (QED) is 0.529. The lowest BCUT2D eigenvalue weighted by molar-refractivity contribution is 0.956. The lowest BCUT2D eigenvalue weighted by Crippen LogP contribution is -2.12. The molecule has 1 aromatic heterocycles. The molecule has 0 radical (unpaired) electrons. The first-order valence-electron chi connectivity index (χ1n) is 5.79. The van der Waals surface area contributed by atoms with Crippen LogP contribution in [-0.2, 0) is 6.42 Å². The fraction of sp³-hybridized carbons (Fsp3) is 0.231. The van der Waals surface area contributed by atoms with Crippen molar-refractivity contribution in [3.8, 4) is 11.4 Å². The first-order valence-corrected chi connectivity index (χ1v) is 7.62. The zero-order chi connectivity index (χ0) is 13.6. The minimum atomic E-state index is 0.396. The molecule has 0 fully saturated rings. The molecule has 0 amide bonds. The molecule has 0 atom stereocenters. The summed E-state index contributed by atoms with van der Waals surface area (Å²) in [5, 5.41) is 0.793. The van der Waals surface area contributed by atoms with Crippen molar-refractivity contribution >= 4 is 51.5 Å². The summed E-state index contributed by atoms with van der Waals surface area (Å²) in [4.78, 5) is 10.8. The van der Waals surface area contributed by atoms with Gasteiger partial charge in [-0.1, -0.05) is 23.2 Å². The Kier molecular flexibility index (Phi) is 3.57. The van der Waals surface area contributed by atoms with E-state index in [-0.39, 0.29) is 0 Å². The number of hydrogen-bond acceptors (Lipinski definition) is 3. The Hall–Kier alpha value is -0.590. The third kappa shape index (κ3) is 2.41. The van der Waals surface area contributed by atoms with Crippen LogP contribution in [0, 0.1) is 3.57 Å². The molecule has 0 saturated heterocycles. The molecule has 1 aliphatic rings. The molecule has 3 nitrogen and oxygen atoms in total. The van der Waals surface area contributed by atoms with E-state index in [9.17, 15) is 0 Å². The van der Waals surface area contributed by atoms with E-state index < -0.39 is 0 Å². The summed E-state index contributed by atoms with van der Waals surface area (Å²) in [6.45, 7) is 1.05. The molecule has 0 spiro atoms. The second-order valence-corrected chi connectivity index (χ2v) is 6.25. The minimum Gasteiger partial charge on any atom is -0.374 e. The van der Waals surface area contributed by atoms with E-state index in [1.807, 2.05) is 28.7 Å². The molecule has 2 aromatic rings. The molecule has 0 unspecified atom stereocenters. The molecule has 0 saturated carbocycles. The smallest absolute Gasteiger partial charge is 0.162 e. The van der Waals surface area contributed by atoms with Crippen LogP contribution in [0.15, 0.2) is 18.2 Å². The molecule has 1 aliphatic heterocycles. The Balaban J connectivity index is 2.08. The monoisotopic (exact) mass is 405 g/mol. The third-order valence-corrected chi connectivity index (χ3v) is 5.44. The molecule has 0 N–H and O–H groups in total. The highest BCUT2D eigenvalue weighted by molar-refractivity contribution is 14.1. The minimum absolute atomic E-state index is 0.396. The van der Waals surface area contributed by atoms with Gasteiger partial charge in [-0.3, -0.25) is 0 Å². The largest absolute Gasteiger partial charge is 0.374 e. The van der Waals surface area contributed by atoms with Gasteiger partial charge in [0.05, 0.1) is 3.57 Å². The van der Waals surface area contributed by atoms with Crippen molar-refractivity contribution in [2.45, 2.75) is 6.42 Å². The summed E-state index contributed by atoms with van der Waals surface area (Å²) in [6, 6.07) is 6.23. The van der Waals surface area contributed by atoms with Crippen LogP contribution in [-0.4, -0.2) is 23.6 Å². The number of hydrogen-bond donors (Lipinski definition) is 0. The highest BCUT2D eigenvalue weighted by Gasteiger charge is 2.17. The molecule has 0 bridgehead atoms. The number of benzene rings is 1. The predicted molar refractivity (Wildman–Crippen MR) is 87.2 cm³/mol. The van der Waals surface area contributed by atoms with Gasteiger partial charge in [-0.15, -0.1) is 0 Å². The number of rotatable bonds is 1. The number of anilines is 1. The molecule has 98 valence electrons. The van der Waals surface area contributed by atoms with Gasteiger partial charge >= 0.3 is 0 Å². The fourth-order valence-electron chi connectivity index (χ4n) is 2.23. The maximum Gasteiger partial charge on any atom is 0.162 e. The number of halogens is 3. The van der Waals surface area contributed by atoms with Crippen molar-refractivity contribution in [3.63, 3.8) is 0 Å². The van der Waals surface area contributed by atoms with Gasteiger partial charge in [-0.2, -0.15) is 0 Å². The second-order valence-electron chi connectivity index (χ2n) is 4.46. The first-order chi connectivity index (χ1) is 9.06. The van der Waals surface area contributed by atoms with E-state index in [2.05, 4.69) is 34.0 Å². The Labute approximate surface area is 135 Å². The van der Waals surface area contributed by atoms with Gasteiger partial charge in [0.2, 0.25) is 0 Å². The van der Waals surface area contributed by atoms with E-state index in [1.165, 1.54) is 11.3 Å². The van der Waals surface area contributed by atoms with Crippen molar-refractivity contribution in [3.05, 3.63) is 37.6 Å². The van der Waals surface area contributed by atoms with Crippen LogP contribution >= 0.6 is 45.8 Å². The molecule has 6 heteroatoms. The Morgan fingerprint density at radius 1 is 1.21 bits per heavy atom. The Bertz CT molecular complexity index is 637. The summed E-state index contributed by atoms with van der Waals surface area (Å²) in [5.41, 5.74) is 3.54. The highest BCUT2D eigenvalue weighted by Crippen LogP contribution is 2.32. The van der Waals surface area contributed by atoms with Gasteiger partial charge in [0.1, 0.15) is 10.3 Å². The van der Waals surface area contributed by atoms with Crippen LogP contribution < -0.4 is 4.90 Å². The first kappa shape index (κ1) is 13.4. The second kappa shape index (κ2) is 5.07. The van der Waals surface area contributed by atoms with Crippen molar-refractivity contribution < 1.29 is 0 Å². The average Bonchev–Trinajstić information content (AvgIpc) is 2.76. The molecule has 1 aromatic carbocycles. The number of aromatic nitrogens is 2. The molecular formula is C13H10Cl2IN3. The Morgan fingerprint density at radius 2 is 1.89 bits per heavy atom. The normalized spacial score (nSPS) is 13.8. The molecule has 19 heavy (non-hydrogen) atoms. The third-order valence-electron chi connectivity index (χ3n) is 3.24. The fourth-order valence-corrected chi connectivity index (χ4v) is 2.86. The Morgan fingerprint density at radius 3 is 2.58 bits per heavy atom. The van der Waals surface area contributed by atoms with E-state index in [4.69, 9.17) is 23.2 Å². The zero-order valence-corrected chi connectivity index (χ0v) is 13.8. The van der Waals surface area contributed by atoms with Gasteiger partial charge in [0, 0.05) is 24.8 Å². The molecule has 2 heterocycles.